The van der Waals surface area contributed by atoms with Crippen LogP contribution in [0, 0.1) is 6.92 Å². The summed E-state index contributed by atoms with van der Waals surface area (Å²) in [5.41, 5.74) is 4.39. The minimum absolute atomic E-state index is 0.0705. The van der Waals surface area contributed by atoms with Crippen LogP contribution in [-0.2, 0) is 9.59 Å². The van der Waals surface area contributed by atoms with E-state index >= 15 is 0 Å². The van der Waals surface area contributed by atoms with Gasteiger partial charge in [-0.2, -0.15) is 0 Å². The van der Waals surface area contributed by atoms with Crippen LogP contribution in [0.15, 0.2) is 59.1 Å². The number of carbonyl (C=O) groups is 3. The summed E-state index contributed by atoms with van der Waals surface area (Å²) in [7, 11) is 0. The van der Waals surface area contributed by atoms with Gasteiger partial charge in [0.1, 0.15) is 0 Å². The monoisotopic (exact) mass is 390 g/mol. The second-order valence-corrected chi connectivity index (χ2v) is 6.78. The Morgan fingerprint density at radius 1 is 1.17 bits per heavy atom. The van der Waals surface area contributed by atoms with Gasteiger partial charge in [-0.1, -0.05) is 24.3 Å². The molecule has 148 valence electrons. The summed E-state index contributed by atoms with van der Waals surface area (Å²) in [5, 5.41) is 8.93. The zero-order chi connectivity index (χ0) is 21.0. The number of carbonyl (C=O) groups excluding carboxylic acids is 2. The average Bonchev–Trinajstić information content (AvgIpc) is 2.72. The lowest BCUT2D eigenvalue weighted by Gasteiger charge is -2.23. The van der Waals surface area contributed by atoms with Gasteiger partial charge in [-0.25, -0.2) is 4.99 Å². The van der Waals surface area contributed by atoms with E-state index in [0.29, 0.717) is 36.2 Å². The molecule has 3 rings (SSSR count). The van der Waals surface area contributed by atoms with E-state index in [2.05, 4.69) is 0 Å². The number of aliphatic carboxylic acids is 1. The molecule has 0 unspecified atom stereocenters. The van der Waals surface area contributed by atoms with Gasteiger partial charge in [0.25, 0.3) is 0 Å². The number of hydrogen-bond donors (Lipinski definition) is 1. The molecule has 2 aromatic rings. The van der Waals surface area contributed by atoms with Crippen LogP contribution in [0.5, 0.6) is 0 Å². The summed E-state index contributed by atoms with van der Waals surface area (Å²) >= 11 is 0. The van der Waals surface area contributed by atoms with Gasteiger partial charge in [-0.05, 0) is 43.7 Å². The van der Waals surface area contributed by atoms with E-state index in [1.165, 1.54) is 6.08 Å². The highest BCUT2D eigenvalue weighted by Gasteiger charge is 2.23. The van der Waals surface area contributed by atoms with E-state index in [-0.39, 0.29) is 17.8 Å². The van der Waals surface area contributed by atoms with E-state index in [0.717, 1.165) is 16.9 Å². The number of nitrogens with zero attached hydrogens (tertiary/aromatic N) is 2. The van der Waals surface area contributed by atoms with Crippen molar-refractivity contribution < 1.29 is 19.5 Å². The first kappa shape index (κ1) is 20.2. The first-order chi connectivity index (χ1) is 13.9. The molecule has 6 nitrogen and oxygen atoms in total. The molecule has 1 aliphatic carbocycles. The Balaban J connectivity index is 1.98. The van der Waals surface area contributed by atoms with Crippen molar-refractivity contribution in [3.05, 3.63) is 70.8 Å². The number of rotatable bonds is 7. The molecule has 0 aromatic heterocycles. The quantitative estimate of drug-likeness (QED) is 0.575. The summed E-state index contributed by atoms with van der Waals surface area (Å²) in [6.07, 6.45) is 2.16. The molecule has 0 saturated carbocycles. The minimum Gasteiger partial charge on any atom is -0.481 e. The highest BCUT2D eigenvalue weighted by atomic mass is 16.4. The SMILES string of the molecule is CCN(CCC(=O)O)c1ccc(N=C2C=C(C=O)C(=O)c3ccccc32)c(C)c1. The molecule has 1 N–H and O–H groups in total. The Morgan fingerprint density at radius 2 is 1.90 bits per heavy atom. The number of allylic oxidation sites excluding steroid dienone is 2. The number of hydrogen-bond acceptors (Lipinski definition) is 5. The molecule has 29 heavy (non-hydrogen) atoms. The number of ketones is 1. The molecule has 1 aliphatic rings. The van der Waals surface area contributed by atoms with Crippen molar-refractivity contribution in [2.45, 2.75) is 20.3 Å². The lowest BCUT2D eigenvalue weighted by Crippen LogP contribution is -2.25. The molecule has 0 radical (unpaired) electrons. The molecular formula is C23H22N2O4. The Bertz CT molecular complexity index is 1040. The third kappa shape index (κ3) is 4.32. The van der Waals surface area contributed by atoms with Crippen LogP contribution < -0.4 is 4.90 Å². The van der Waals surface area contributed by atoms with Gasteiger partial charge in [0.05, 0.1) is 23.4 Å². The number of aldehydes is 1. The molecule has 0 atom stereocenters. The lowest BCUT2D eigenvalue weighted by atomic mass is 9.89. The maximum Gasteiger partial charge on any atom is 0.305 e. The van der Waals surface area contributed by atoms with Gasteiger partial charge in [-0.15, -0.1) is 0 Å². The van der Waals surface area contributed by atoms with Crippen LogP contribution >= 0.6 is 0 Å². The zero-order valence-electron chi connectivity index (χ0n) is 16.4. The molecule has 0 amide bonds. The van der Waals surface area contributed by atoms with Crippen LogP contribution in [0.3, 0.4) is 0 Å². The van der Waals surface area contributed by atoms with Gasteiger partial charge in [-0.3, -0.25) is 14.4 Å². The normalized spacial score (nSPS) is 14.3. The molecule has 2 aromatic carbocycles. The molecular weight excluding hydrogens is 368 g/mol. The van der Waals surface area contributed by atoms with Crippen LogP contribution in [-0.4, -0.2) is 41.9 Å². The van der Waals surface area contributed by atoms with E-state index < -0.39 is 5.97 Å². The van der Waals surface area contributed by atoms with Crippen LogP contribution in [0.25, 0.3) is 0 Å². The maximum absolute atomic E-state index is 12.4. The maximum atomic E-state index is 12.4. The summed E-state index contributed by atoms with van der Waals surface area (Å²) in [5.74, 6) is -1.12. The molecule has 0 aliphatic heterocycles. The number of aryl methyl sites for hydroxylation is 1. The Morgan fingerprint density at radius 3 is 2.52 bits per heavy atom. The first-order valence-electron chi connectivity index (χ1n) is 9.41. The molecule has 6 heteroatoms. The third-order valence-corrected chi connectivity index (χ3v) is 4.89. The Kier molecular flexibility index (Phi) is 6.02. The van der Waals surface area contributed by atoms with Crippen molar-refractivity contribution in [2.24, 2.45) is 4.99 Å². The van der Waals surface area contributed by atoms with E-state index in [1.54, 1.807) is 12.1 Å². The van der Waals surface area contributed by atoms with E-state index in [1.807, 2.05) is 49.1 Å². The number of benzene rings is 2. The van der Waals surface area contributed by atoms with Crippen molar-refractivity contribution in [3.63, 3.8) is 0 Å². The highest BCUT2D eigenvalue weighted by molar-refractivity contribution is 6.32. The van der Waals surface area contributed by atoms with Crippen molar-refractivity contribution in [3.8, 4) is 0 Å². The van der Waals surface area contributed by atoms with Gasteiger partial charge in [0.15, 0.2) is 12.1 Å². The predicted octanol–water partition coefficient (Wildman–Crippen LogP) is 3.74. The summed E-state index contributed by atoms with van der Waals surface area (Å²) in [4.78, 5) is 41.3. The third-order valence-electron chi connectivity index (χ3n) is 4.89. The molecule has 0 heterocycles. The van der Waals surface area contributed by atoms with Crippen molar-refractivity contribution in [1.82, 2.24) is 0 Å². The van der Waals surface area contributed by atoms with E-state index in [4.69, 9.17) is 10.1 Å². The van der Waals surface area contributed by atoms with Gasteiger partial charge in [0, 0.05) is 29.9 Å². The second-order valence-electron chi connectivity index (χ2n) is 6.78. The minimum atomic E-state index is -0.827. The average molecular weight is 390 g/mol. The lowest BCUT2D eigenvalue weighted by molar-refractivity contribution is -0.136. The largest absolute Gasteiger partial charge is 0.481 e. The van der Waals surface area contributed by atoms with Crippen LogP contribution in [0.4, 0.5) is 11.4 Å². The smallest absolute Gasteiger partial charge is 0.305 e. The van der Waals surface area contributed by atoms with Crippen molar-refractivity contribution in [1.29, 1.82) is 0 Å². The number of carboxylic acid groups (broad SMARTS) is 1. The summed E-state index contributed by atoms with van der Waals surface area (Å²) < 4.78 is 0. The number of aliphatic imine (C=N–C) groups is 1. The zero-order valence-corrected chi connectivity index (χ0v) is 16.4. The fraction of sp³-hybridized carbons (Fsp3) is 0.217. The first-order valence-corrected chi connectivity index (χ1v) is 9.41. The van der Waals surface area contributed by atoms with Gasteiger partial charge >= 0.3 is 5.97 Å². The summed E-state index contributed by atoms with van der Waals surface area (Å²) in [6.45, 7) is 5.03. The van der Waals surface area contributed by atoms with Crippen molar-refractivity contribution in [2.75, 3.05) is 18.0 Å². The number of anilines is 1. The fourth-order valence-electron chi connectivity index (χ4n) is 3.32. The van der Waals surface area contributed by atoms with E-state index in [9.17, 15) is 14.4 Å². The molecule has 0 spiro atoms. The predicted molar refractivity (Wildman–Crippen MR) is 112 cm³/mol. The molecule has 0 fully saturated rings. The number of carboxylic acids is 1. The fourth-order valence-corrected chi connectivity index (χ4v) is 3.32. The Hall–Kier alpha value is -3.54. The molecule has 0 saturated heterocycles. The van der Waals surface area contributed by atoms with Gasteiger partial charge in [0.2, 0.25) is 0 Å². The number of Topliss-reactive ketones (excluding diaryl/α,β-unsaturated/α-hetero) is 1. The Labute approximate surface area is 169 Å². The highest BCUT2D eigenvalue weighted by Crippen LogP contribution is 2.28. The summed E-state index contributed by atoms with van der Waals surface area (Å²) in [6, 6.07) is 12.9. The topological polar surface area (TPSA) is 87.0 Å². The van der Waals surface area contributed by atoms with Gasteiger partial charge < -0.3 is 10.0 Å². The van der Waals surface area contributed by atoms with Crippen LogP contribution in [0.2, 0.25) is 0 Å². The van der Waals surface area contributed by atoms with Crippen molar-refractivity contribution >= 4 is 35.1 Å². The second kappa shape index (κ2) is 8.65. The standard InChI is InChI=1S/C23H22N2O4/c1-3-25(11-10-22(27)28)17-8-9-20(15(2)12-17)24-21-13-16(14-26)23(29)19-7-5-4-6-18(19)21/h4-9,12-14H,3,10-11H2,1-2H3,(H,27,28). The number of fused-ring (bicyclic) bond motifs is 1. The van der Waals surface area contributed by atoms with Crippen LogP contribution in [0.1, 0.15) is 34.8 Å². The molecule has 0 bridgehead atoms.